The van der Waals surface area contributed by atoms with Gasteiger partial charge in [-0.25, -0.2) is 0 Å². The zero-order chi connectivity index (χ0) is 13.9. The highest BCUT2D eigenvalue weighted by molar-refractivity contribution is 6.31. The van der Waals surface area contributed by atoms with Crippen LogP contribution in [0.5, 0.6) is 0 Å². The second kappa shape index (κ2) is 5.61. The number of aromatic nitrogens is 1. The summed E-state index contributed by atoms with van der Waals surface area (Å²) in [7, 11) is 0. The van der Waals surface area contributed by atoms with Crippen molar-refractivity contribution < 1.29 is 5.11 Å². The van der Waals surface area contributed by atoms with E-state index in [0.29, 0.717) is 17.1 Å². The van der Waals surface area contributed by atoms with Gasteiger partial charge in [0.15, 0.2) is 0 Å². The van der Waals surface area contributed by atoms with Gasteiger partial charge < -0.3 is 5.11 Å². The molecule has 0 bridgehead atoms. The van der Waals surface area contributed by atoms with Gasteiger partial charge in [0.05, 0.1) is 10.7 Å². The Labute approximate surface area is 122 Å². The normalized spacial score (nSPS) is 12.5. The first kappa shape index (κ1) is 13.1. The summed E-state index contributed by atoms with van der Waals surface area (Å²) in [5, 5.41) is 13.2. The summed E-state index contributed by atoms with van der Waals surface area (Å²) in [6.07, 6.45) is 1.44. The van der Waals surface area contributed by atoms with E-state index in [1.165, 1.54) is 5.39 Å². The van der Waals surface area contributed by atoms with Crippen LogP contribution in [0.25, 0.3) is 10.8 Å². The minimum atomic E-state index is -0.700. The molecular formula is C17H14ClNO. The SMILES string of the molecule is OC(Cc1cccc2ccccc12)c1ncccc1Cl. The number of aliphatic hydroxyl groups excluding tert-OH is 1. The highest BCUT2D eigenvalue weighted by Crippen LogP contribution is 2.26. The van der Waals surface area contributed by atoms with Crippen LogP contribution >= 0.6 is 11.6 Å². The Morgan fingerprint density at radius 1 is 1.00 bits per heavy atom. The van der Waals surface area contributed by atoms with E-state index in [-0.39, 0.29) is 0 Å². The van der Waals surface area contributed by atoms with Crippen LogP contribution < -0.4 is 0 Å². The predicted octanol–water partition coefficient (Wildman–Crippen LogP) is 4.16. The first-order valence-corrected chi connectivity index (χ1v) is 6.88. The van der Waals surface area contributed by atoms with Gasteiger partial charge in [0.1, 0.15) is 6.10 Å². The van der Waals surface area contributed by atoms with Crippen LogP contribution in [0.2, 0.25) is 5.02 Å². The highest BCUT2D eigenvalue weighted by Gasteiger charge is 2.14. The van der Waals surface area contributed by atoms with Gasteiger partial charge in [0.2, 0.25) is 0 Å². The monoisotopic (exact) mass is 283 g/mol. The molecule has 0 amide bonds. The molecule has 0 saturated heterocycles. The second-order valence-electron chi connectivity index (χ2n) is 4.73. The van der Waals surface area contributed by atoms with Gasteiger partial charge in [0.25, 0.3) is 0 Å². The minimum absolute atomic E-state index is 0.498. The number of rotatable bonds is 3. The molecule has 0 aliphatic rings. The number of fused-ring (bicyclic) bond motifs is 1. The molecule has 3 heteroatoms. The van der Waals surface area contributed by atoms with Crippen molar-refractivity contribution in [1.82, 2.24) is 4.98 Å². The molecule has 1 heterocycles. The molecule has 0 spiro atoms. The molecule has 0 aliphatic heterocycles. The van der Waals surface area contributed by atoms with E-state index >= 15 is 0 Å². The van der Waals surface area contributed by atoms with E-state index in [2.05, 4.69) is 23.2 Å². The molecule has 1 unspecified atom stereocenters. The summed E-state index contributed by atoms with van der Waals surface area (Å²) in [6.45, 7) is 0. The smallest absolute Gasteiger partial charge is 0.101 e. The van der Waals surface area contributed by atoms with Gasteiger partial charge in [0, 0.05) is 12.6 Å². The van der Waals surface area contributed by atoms with Gasteiger partial charge in [-0.1, -0.05) is 54.1 Å². The third-order valence-electron chi connectivity index (χ3n) is 3.40. The van der Waals surface area contributed by atoms with Gasteiger partial charge in [-0.3, -0.25) is 4.98 Å². The number of hydrogen-bond acceptors (Lipinski definition) is 2. The number of nitrogens with zero attached hydrogens (tertiary/aromatic N) is 1. The van der Waals surface area contributed by atoms with Crippen molar-refractivity contribution in [2.45, 2.75) is 12.5 Å². The topological polar surface area (TPSA) is 33.1 Å². The molecule has 0 radical (unpaired) electrons. The first-order chi connectivity index (χ1) is 9.75. The Balaban J connectivity index is 1.96. The molecule has 20 heavy (non-hydrogen) atoms. The number of pyridine rings is 1. The lowest BCUT2D eigenvalue weighted by atomic mass is 9.98. The second-order valence-corrected chi connectivity index (χ2v) is 5.14. The van der Waals surface area contributed by atoms with Crippen LogP contribution in [-0.2, 0) is 6.42 Å². The van der Waals surface area contributed by atoms with Crippen LogP contribution in [0, 0.1) is 0 Å². The fraction of sp³-hybridized carbons (Fsp3) is 0.118. The molecule has 1 atom stereocenters. The summed E-state index contributed by atoms with van der Waals surface area (Å²) in [5.74, 6) is 0. The lowest BCUT2D eigenvalue weighted by Crippen LogP contribution is -2.05. The Morgan fingerprint density at radius 3 is 2.65 bits per heavy atom. The third-order valence-corrected chi connectivity index (χ3v) is 3.72. The van der Waals surface area contributed by atoms with Crippen LogP contribution in [-0.4, -0.2) is 10.1 Å². The molecule has 2 aromatic carbocycles. The maximum absolute atomic E-state index is 10.4. The lowest BCUT2D eigenvalue weighted by molar-refractivity contribution is 0.174. The van der Waals surface area contributed by atoms with Crippen molar-refractivity contribution in [3.05, 3.63) is 77.1 Å². The van der Waals surface area contributed by atoms with Crippen LogP contribution in [0.1, 0.15) is 17.4 Å². The van der Waals surface area contributed by atoms with Crippen LogP contribution in [0.4, 0.5) is 0 Å². The summed E-state index contributed by atoms with van der Waals surface area (Å²) in [4.78, 5) is 4.17. The minimum Gasteiger partial charge on any atom is -0.386 e. The third kappa shape index (κ3) is 2.53. The Bertz CT molecular complexity index is 736. The van der Waals surface area contributed by atoms with Crippen molar-refractivity contribution in [3.63, 3.8) is 0 Å². The number of aliphatic hydroxyl groups is 1. The predicted molar refractivity (Wildman–Crippen MR) is 81.9 cm³/mol. The maximum atomic E-state index is 10.4. The van der Waals surface area contributed by atoms with Crippen molar-refractivity contribution in [2.24, 2.45) is 0 Å². The Morgan fingerprint density at radius 2 is 1.80 bits per heavy atom. The Hall–Kier alpha value is -1.90. The fourth-order valence-electron chi connectivity index (χ4n) is 2.42. The number of halogens is 1. The molecule has 3 aromatic rings. The molecule has 1 aromatic heterocycles. The van der Waals surface area contributed by atoms with E-state index in [1.54, 1.807) is 18.3 Å². The molecule has 0 aliphatic carbocycles. The molecule has 3 rings (SSSR count). The first-order valence-electron chi connectivity index (χ1n) is 6.51. The summed E-state index contributed by atoms with van der Waals surface area (Å²) >= 11 is 6.08. The molecule has 100 valence electrons. The van der Waals surface area contributed by atoms with Crippen molar-refractivity contribution in [3.8, 4) is 0 Å². The van der Waals surface area contributed by atoms with Crippen molar-refractivity contribution in [1.29, 1.82) is 0 Å². The van der Waals surface area contributed by atoms with Crippen LogP contribution in [0.15, 0.2) is 60.8 Å². The largest absolute Gasteiger partial charge is 0.386 e. The van der Waals surface area contributed by atoms with Crippen molar-refractivity contribution >= 4 is 22.4 Å². The zero-order valence-electron chi connectivity index (χ0n) is 10.8. The zero-order valence-corrected chi connectivity index (χ0v) is 11.6. The number of hydrogen-bond donors (Lipinski definition) is 1. The molecule has 0 fully saturated rings. The van der Waals surface area contributed by atoms with Crippen molar-refractivity contribution in [2.75, 3.05) is 0 Å². The molecule has 2 nitrogen and oxygen atoms in total. The van der Waals surface area contributed by atoms with Gasteiger partial charge >= 0.3 is 0 Å². The van der Waals surface area contributed by atoms with E-state index in [4.69, 9.17) is 11.6 Å². The fourth-order valence-corrected chi connectivity index (χ4v) is 2.67. The number of benzene rings is 2. The van der Waals surface area contributed by atoms with E-state index < -0.39 is 6.10 Å². The average molecular weight is 284 g/mol. The van der Waals surface area contributed by atoms with E-state index in [0.717, 1.165) is 10.9 Å². The van der Waals surface area contributed by atoms with E-state index in [9.17, 15) is 5.11 Å². The quantitative estimate of drug-likeness (QED) is 0.783. The van der Waals surface area contributed by atoms with E-state index in [1.807, 2.05) is 24.3 Å². The standard InChI is InChI=1S/C17H14ClNO/c18-15-9-4-10-19-17(15)16(20)11-13-7-3-6-12-5-1-2-8-14(12)13/h1-10,16,20H,11H2. The highest BCUT2D eigenvalue weighted by atomic mass is 35.5. The summed E-state index contributed by atoms with van der Waals surface area (Å²) < 4.78 is 0. The summed E-state index contributed by atoms with van der Waals surface area (Å²) in [6, 6.07) is 17.8. The van der Waals surface area contributed by atoms with Gasteiger partial charge in [-0.05, 0) is 28.5 Å². The molecular weight excluding hydrogens is 270 g/mol. The maximum Gasteiger partial charge on any atom is 0.101 e. The van der Waals surface area contributed by atoms with Crippen LogP contribution in [0.3, 0.4) is 0 Å². The molecule has 0 saturated carbocycles. The summed E-state index contributed by atoms with van der Waals surface area (Å²) in [5.41, 5.74) is 1.62. The van der Waals surface area contributed by atoms with Gasteiger partial charge in [-0.15, -0.1) is 0 Å². The average Bonchev–Trinajstić information content (AvgIpc) is 2.48. The molecule has 1 N–H and O–H groups in total. The lowest BCUT2D eigenvalue weighted by Gasteiger charge is -2.13. The Kier molecular flexibility index (Phi) is 3.68. The van der Waals surface area contributed by atoms with Gasteiger partial charge in [-0.2, -0.15) is 0 Å².